The van der Waals surface area contributed by atoms with Gasteiger partial charge in [0.1, 0.15) is 5.69 Å². The number of hydrogen-bond donors (Lipinski definition) is 1. The lowest BCUT2D eigenvalue weighted by Gasteiger charge is -2.16. The number of nitrogens with zero attached hydrogens (tertiary/aromatic N) is 2. The molecule has 1 aromatic rings. The summed E-state index contributed by atoms with van der Waals surface area (Å²) in [6.07, 6.45) is 6.78. The van der Waals surface area contributed by atoms with Crippen molar-refractivity contribution in [2.75, 3.05) is 13.1 Å². The first-order valence-corrected chi connectivity index (χ1v) is 8.37. The first-order valence-electron chi connectivity index (χ1n) is 7.58. The van der Waals surface area contributed by atoms with Crippen molar-refractivity contribution in [2.24, 2.45) is 0 Å². The van der Waals surface area contributed by atoms with Crippen LogP contribution in [0.15, 0.2) is 16.7 Å². The van der Waals surface area contributed by atoms with Gasteiger partial charge in [0.2, 0.25) is 0 Å². The van der Waals surface area contributed by atoms with Gasteiger partial charge in [0.15, 0.2) is 0 Å². The van der Waals surface area contributed by atoms with Crippen molar-refractivity contribution in [1.29, 1.82) is 0 Å². The lowest BCUT2D eigenvalue weighted by molar-refractivity contribution is 0.0928. The molecule has 2 aliphatic rings. The summed E-state index contributed by atoms with van der Waals surface area (Å²) in [5.41, 5.74) is 0.767. The molecule has 0 aromatic carbocycles. The Balaban J connectivity index is 1.61. The standard InChI is InChI=1S/C15H22BrN3O/c1-2-6-19-9-11(16)8-14(19)15(20)17-12-5-7-18(10-12)13-3-4-13/h8-9,12-13H,2-7,10H2,1H3,(H,17,20). The van der Waals surface area contributed by atoms with Crippen LogP contribution in [0, 0.1) is 0 Å². The number of carbonyl (C=O) groups is 1. The largest absolute Gasteiger partial charge is 0.347 e. The zero-order valence-electron chi connectivity index (χ0n) is 11.9. The van der Waals surface area contributed by atoms with E-state index in [1.165, 1.54) is 12.8 Å². The van der Waals surface area contributed by atoms with Gasteiger partial charge >= 0.3 is 0 Å². The lowest BCUT2D eigenvalue weighted by Crippen LogP contribution is -2.38. The summed E-state index contributed by atoms with van der Waals surface area (Å²) in [5, 5.41) is 3.20. The zero-order valence-corrected chi connectivity index (χ0v) is 13.5. The number of carbonyl (C=O) groups excluding carboxylic acids is 1. The molecule has 1 N–H and O–H groups in total. The van der Waals surface area contributed by atoms with Gasteiger partial charge in [-0.3, -0.25) is 9.69 Å². The fraction of sp³-hybridized carbons (Fsp3) is 0.667. The van der Waals surface area contributed by atoms with E-state index in [1.807, 2.05) is 16.8 Å². The molecule has 0 bridgehead atoms. The van der Waals surface area contributed by atoms with Gasteiger partial charge in [0.05, 0.1) is 0 Å². The molecule has 1 saturated heterocycles. The molecule has 3 rings (SSSR count). The molecule has 1 aliphatic carbocycles. The molecule has 1 atom stereocenters. The van der Waals surface area contributed by atoms with E-state index in [2.05, 4.69) is 33.1 Å². The van der Waals surface area contributed by atoms with Crippen molar-refractivity contribution in [2.45, 2.75) is 51.2 Å². The molecule has 20 heavy (non-hydrogen) atoms. The second kappa shape index (κ2) is 5.90. The summed E-state index contributed by atoms with van der Waals surface area (Å²) in [7, 11) is 0. The van der Waals surface area contributed by atoms with Crippen molar-refractivity contribution in [3.63, 3.8) is 0 Å². The monoisotopic (exact) mass is 339 g/mol. The van der Waals surface area contributed by atoms with Crippen molar-refractivity contribution >= 4 is 21.8 Å². The number of likely N-dealkylation sites (tertiary alicyclic amines) is 1. The van der Waals surface area contributed by atoms with Gasteiger partial charge < -0.3 is 9.88 Å². The maximum atomic E-state index is 12.4. The van der Waals surface area contributed by atoms with Crippen molar-refractivity contribution in [1.82, 2.24) is 14.8 Å². The number of aryl methyl sites for hydroxylation is 1. The van der Waals surface area contributed by atoms with E-state index in [0.29, 0.717) is 6.04 Å². The van der Waals surface area contributed by atoms with Gasteiger partial charge in [-0.05, 0) is 47.7 Å². The molecule has 5 heteroatoms. The third kappa shape index (κ3) is 3.09. The van der Waals surface area contributed by atoms with Gasteiger partial charge in [-0.1, -0.05) is 6.92 Å². The fourth-order valence-electron chi connectivity index (χ4n) is 3.03. The fourth-order valence-corrected chi connectivity index (χ4v) is 3.49. The van der Waals surface area contributed by atoms with Crippen LogP contribution in [0.1, 0.15) is 43.1 Å². The molecule has 2 heterocycles. The van der Waals surface area contributed by atoms with E-state index in [4.69, 9.17) is 0 Å². The summed E-state index contributed by atoms with van der Waals surface area (Å²) in [6, 6.07) is 3.03. The highest BCUT2D eigenvalue weighted by atomic mass is 79.9. The smallest absolute Gasteiger partial charge is 0.268 e. The molecule has 0 radical (unpaired) electrons. The maximum absolute atomic E-state index is 12.4. The van der Waals surface area contributed by atoms with Crippen molar-refractivity contribution in [3.05, 3.63) is 22.4 Å². The van der Waals surface area contributed by atoms with Gasteiger partial charge in [-0.15, -0.1) is 0 Å². The van der Waals surface area contributed by atoms with Gasteiger partial charge in [0, 0.05) is 42.4 Å². The van der Waals surface area contributed by atoms with Crippen LogP contribution in [0.5, 0.6) is 0 Å². The number of nitrogens with one attached hydrogen (secondary N) is 1. The number of amides is 1. The number of rotatable bonds is 5. The van der Waals surface area contributed by atoms with Crippen molar-refractivity contribution in [3.8, 4) is 0 Å². The molecule has 1 unspecified atom stereocenters. The van der Waals surface area contributed by atoms with Crippen LogP contribution in [0.25, 0.3) is 0 Å². The molecule has 0 spiro atoms. The Bertz CT molecular complexity index is 495. The molecule has 4 nitrogen and oxygen atoms in total. The Morgan fingerprint density at radius 2 is 2.25 bits per heavy atom. The summed E-state index contributed by atoms with van der Waals surface area (Å²) < 4.78 is 3.01. The minimum absolute atomic E-state index is 0.0618. The Labute approximate surface area is 128 Å². The van der Waals surface area contributed by atoms with E-state index >= 15 is 0 Å². The lowest BCUT2D eigenvalue weighted by atomic mass is 10.2. The van der Waals surface area contributed by atoms with E-state index < -0.39 is 0 Å². The second-order valence-corrected chi connectivity index (χ2v) is 6.84. The maximum Gasteiger partial charge on any atom is 0.268 e. The van der Waals surface area contributed by atoms with Crippen LogP contribution in [-0.2, 0) is 6.54 Å². The summed E-state index contributed by atoms with van der Waals surface area (Å²) in [6.45, 7) is 5.16. The van der Waals surface area contributed by atoms with Gasteiger partial charge in [0.25, 0.3) is 5.91 Å². The van der Waals surface area contributed by atoms with Gasteiger partial charge in [-0.2, -0.15) is 0 Å². The van der Waals surface area contributed by atoms with E-state index in [0.717, 1.165) is 48.7 Å². The minimum atomic E-state index is 0.0618. The summed E-state index contributed by atoms with van der Waals surface area (Å²) in [5.74, 6) is 0.0618. The predicted octanol–water partition coefficient (Wildman–Crippen LogP) is 2.63. The van der Waals surface area contributed by atoms with Crippen molar-refractivity contribution < 1.29 is 4.79 Å². The third-order valence-corrected chi connectivity index (χ3v) is 4.61. The Morgan fingerprint density at radius 3 is 2.95 bits per heavy atom. The van der Waals surface area contributed by atoms with Crippen LogP contribution in [0.4, 0.5) is 0 Å². The van der Waals surface area contributed by atoms with E-state index in [1.54, 1.807) is 0 Å². The normalized spacial score (nSPS) is 23.2. The Hall–Kier alpha value is -0.810. The first-order chi connectivity index (χ1) is 9.67. The molecule has 110 valence electrons. The average molecular weight is 340 g/mol. The SMILES string of the molecule is CCCn1cc(Br)cc1C(=O)NC1CCN(C2CC2)C1. The molecule has 1 aromatic heterocycles. The summed E-state index contributed by atoms with van der Waals surface area (Å²) in [4.78, 5) is 15.0. The first kappa shape index (κ1) is 14.1. The minimum Gasteiger partial charge on any atom is -0.347 e. The quantitative estimate of drug-likeness (QED) is 0.895. The molecule has 2 fully saturated rings. The van der Waals surface area contributed by atoms with E-state index in [-0.39, 0.29) is 5.91 Å². The van der Waals surface area contributed by atoms with Crippen LogP contribution in [0.2, 0.25) is 0 Å². The molecule has 1 amide bonds. The Morgan fingerprint density at radius 1 is 1.45 bits per heavy atom. The predicted molar refractivity (Wildman–Crippen MR) is 82.9 cm³/mol. The van der Waals surface area contributed by atoms with Gasteiger partial charge in [-0.25, -0.2) is 0 Å². The van der Waals surface area contributed by atoms with Crippen LogP contribution in [0.3, 0.4) is 0 Å². The number of aromatic nitrogens is 1. The van der Waals surface area contributed by atoms with Crippen LogP contribution < -0.4 is 5.32 Å². The van der Waals surface area contributed by atoms with Crippen LogP contribution >= 0.6 is 15.9 Å². The average Bonchev–Trinajstić information content (AvgIpc) is 3.05. The molecular formula is C15H22BrN3O. The molecule has 1 saturated carbocycles. The van der Waals surface area contributed by atoms with E-state index in [9.17, 15) is 4.79 Å². The summed E-state index contributed by atoms with van der Waals surface area (Å²) >= 11 is 3.46. The highest BCUT2D eigenvalue weighted by molar-refractivity contribution is 9.10. The molecule has 1 aliphatic heterocycles. The second-order valence-electron chi connectivity index (χ2n) is 5.92. The Kier molecular flexibility index (Phi) is 4.17. The highest BCUT2D eigenvalue weighted by Crippen LogP contribution is 2.29. The molecular weight excluding hydrogens is 318 g/mol. The highest BCUT2D eigenvalue weighted by Gasteiger charge is 2.35. The topological polar surface area (TPSA) is 37.3 Å². The third-order valence-electron chi connectivity index (χ3n) is 4.18. The number of hydrogen-bond acceptors (Lipinski definition) is 2. The number of halogens is 1. The van der Waals surface area contributed by atoms with Crippen LogP contribution in [-0.4, -0.2) is 40.5 Å². The zero-order chi connectivity index (χ0) is 14.1.